The average molecular weight is 356 g/mol. The van der Waals surface area contributed by atoms with Crippen LogP contribution in [0.5, 0.6) is 0 Å². The average Bonchev–Trinajstić information content (AvgIpc) is 3.03. The Hall–Kier alpha value is -2.28. The molecule has 7 heteroatoms. The maximum Gasteiger partial charge on any atom is 0.271 e. The number of hydrogen-bond acceptors (Lipinski definition) is 5. The van der Waals surface area contributed by atoms with Crippen LogP contribution < -0.4 is 5.56 Å². The fourth-order valence-electron chi connectivity index (χ4n) is 3.61. The Bertz CT molecular complexity index is 994. The summed E-state index contributed by atoms with van der Waals surface area (Å²) in [4.78, 5) is 37.0. The molecule has 4 heterocycles. The van der Waals surface area contributed by atoms with Gasteiger partial charge in [-0.25, -0.2) is 9.97 Å². The number of carbonyl (C=O) groups is 1. The van der Waals surface area contributed by atoms with Crippen molar-refractivity contribution in [2.24, 2.45) is 0 Å². The van der Waals surface area contributed by atoms with Gasteiger partial charge in [-0.15, -0.1) is 11.3 Å². The molecule has 1 aliphatic rings. The first-order valence-corrected chi connectivity index (χ1v) is 9.53. The number of fused-ring (bicyclic) bond motifs is 3. The number of nitrogens with zero attached hydrogens (tertiary/aromatic N) is 4. The van der Waals surface area contributed by atoms with Gasteiger partial charge in [-0.3, -0.25) is 14.2 Å². The van der Waals surface area contributed by atoms with Gasteiger partial charge in [-0.2, -0.15) is 0 Å². The summed E-state index contributed by atoms with van der Waals surface area (Å²) in [6, 6.07) is 4.05. The third-order valence-electron chi connectivity index (χ3n) is 4.95. The number of thiophene rings is 1. The van der Waals surface area contributed by atoms with E-state index in [2.05, 4.69) is 16.9 Å². The minimum atomic E-state index is -0.161. The predicted molar refractivity (Wildman–Crippen MR) is 98.8 cm³/mol. The highest BCUT2D eigenvalue weighted by atomic mass is 32.1. The molecule has 0 radical (unpaired) electrons. The van der Waals surface area contributed by atoms with E-state index in [9.17, 15) is 9.59 Å². The number of amides is 1. The molecule has 0 aliphatic carbocycles. The molecule has 1 saturated heterocycles. The molecule has 1 atom stereocenters. The van der Waals surface area contributed by atoms with Gasteiger partial charge in [0.1, 0.15) is 16.1 Å². The summed E-state index contributed by atoms with van der Waals surface area (Å²) in [7, 11) is 0. The van der Waals surface area contributed by atoms with E-state index in [4.69, 9.17) is 0 Å². The SMILES string of the molecule is CC[C@H]1CCCCN1C(=O)Cn1cnc2c(sc3ncccc32)c1=O. The van der Waals surface area contributed by atoms with Crippen molar-refractivity contribution in [1.82, 2.24) is 19.4 Å². The zero-order valence-electron chi connectivity index (χ0n) is 14.1. The van der Waals surface area contributed by atoms with Gasteiger partial charge in [-0.05, 0) is 37.8 Å². The number of likely N-dealkylation sites (tertiary alicyclic amines) is 1. The number of hydrogen-bond donors (Lipinski definition) is 0. The van der Waals surface area contributed by atoms with Gasteiger partial charge >= 0.3 is 0 Å². The Morgan fingerprint density at radius 3 is 3.08 bits per heavy atom. The largest absolute Gasteiger partial charge is 0.338 e. The summed E-state index contributed by atoms with van der Waals surface area (Å²) in [5.74, 6) is 0.00837. The molecule has 130 valence electrons. The second-order valence-electron chi connectivity index (χ2n) is 6.46. The predicted octanol–water partition coefficient (Wildman–Crippen LogP) is 2.80. The van der Waals surface area contributed by atoms with Gasteiger partial charge < -0.3 is 4.90 Å². The van der Waals surface area contributed by atoms with Crippen molar-refractivity contribution in [3.05, 3.63) is 35.0 Å². The second-order valence-corrected chi connectivity index (χ2v) is 7.46. The lowest BCUT2D eigenvalue weighted by Crippen LogP contribution is -2.45. The van der Waals surface area contributed by atoms with E-state index >= 15 is 0 Å². The molecule has 1 amide bonds. The summed E-state index contributed by atoms with van der Waals surface area (Å²) in [6.45, 7) is 2.95. The van der Waals surface area contributed by atoms with Gasteiger partial charge in [0, 0.05) is 24.2 Å². The summed E-state index contributed by atoms with van der Waals surface area (Å²) in [5.41, 5.74) is 0.512. The zero-order valence-corrected chi connectivity index (χ0v) is 15.0. The van der Waals surface area contributed by atoms with Crippen LogP contribution in [-0.4, -0.2) is 37.9 Å². The van der Waals surface area contributed by atoms with Crippen molar-refractivity contribution in [2.45, 2.75) is 45.2 Å². The minimum absolute atomic E-state index is 0.00837. The normalized spacial score (nSPS) is 18.1. The van der Waals surface area contributed by atoms with Crippen LogP contribution in [0.2, 0.25) is 0 Å². The lowest BCUT2D eigenvalue weighted by molar-refractivity contribution is -0.135. The first kappa shape index (κ1) is 16.2. The number of pyridine rings is 1. The Kier molecular flexibility index (Phi) is 4.25. The number of aromatic nitrogens is 3. The second kappa shape index (κ2) is 6.55. The summed E-state index contributed by atoms with van der Waals surface area (Å²) < 4.78 is 2.00. The topological polar surface area (TPSA) is 68.1 Å². The van der Waals surface area contributed by atoms with Crippen LogP contribution in [0.15, 0.2) is 29.5 Å². The molecule has 4 rings (SSSR count). The molecule has 3 aromatic rings. The first-order valence-electron chi connectivity index (χ1n) is 8.71. The Balaban J connectivity index is 1.67. The molecule has 0 saturated carbocycles. The molecular formula is C18H20N4O2S. The van der Waals surface area contributed by atoms with Crippen molar-refractivity contribution in [1.29, 1.82) is 0 Å². The fraction of sp³-hybridized carbons (Fsp3) is 0.444. The highest BCUT2D eigenvalue weighted by molar-refractivity contribution is 7.25. The van der Waals surface area contributed by atoms with E-state index in [0.29, 0.717) is 16.3 Å². The third kappa shape index (κ3) is 2.82. The molecule has 3 aromatic heterocycles. The molecule has 0 bridgehead atoms. The maximum atomic E-state index is 12.8. The highest BCUT2D eigenvalue weighted by Crippen LogP contribution is 2.28. The highest BCUT2D eigenvalue weighted by Gasteiger charge is 2.25. The molecule has 0 spiro atoms. The van der Waals surface area contributed by atoms with Crippen LogP contribution >= 0.6 is 11.3 Å². The summed E-state index contributed by atoms with van der Waals surface area (Å²) in [6.07, 6.45) is 7.42. The lowest BCUT2D eigenvalue weighted by atomic mass is 10.00. The summed E-state index contributed by atoms with van der Waals surface area (Å²) in [5, 5.41) is 0.889. The van der Waals surface area contributed by atoms with Crippen molar-refractivity contribution >= 4 is 37.7 Å². The molecular weight excluding hydrogens is 336 g/mol. The van der Waals surface area contributed by atoms with Crippen molar-refractivity contribution in [3.63, 3.8) is 0 Å². The Morgan fingerprint density at radius 2 is 2.24 bits per heavy atom. The third-order valence-corrected chi connectivity index (χ3v) is 6.04. The van der Waals surface area contributed by atoms with Crippen LogP contribution in [0.25, 0.3) is 20.4 Å². The first-order chi connectivity index (χ1) is 12.2. The van der Waals surface area contributed by atoms with E-state index in [1.807, 2.05) is 17.0 Å². The van der Waals surface area contributed by atoms with Gasteiger partial charge in [0.2, 0.25) is 5.91 Å². The number of carbonyl (C=O) groups excluding carboxylic acids is 1. The molecule has 25 heavy (non-hydrogen) atoms. The smallest absolute Gasteiger partial charge is 0.271 e. The van der Waals surface area contributed by atoms with E-state index < -0.39 is 0 Å². The van der Waals surface area contributed by atoms with Gasteiger partial charge in [0.15, 0.2) is 0 Å². The molecule has 6 nitrogen and oxygen atoms in total. The standard InChI is InChI=1S/C18H20N4O2S/c1-2-12-6-3-4-9-22(12)14(23)10-21-11-20-15-13-7-5-8-19-17(13)25-16(15)18(21)24/h5,7-8,11-12H,2-4,6,9-10H2,1H3/t12-/m0/s1. The van der Waals surface area contributed by atoms with E-state index in [-0.39, 0.29) is 18.0 Å². The maximum absolute atomic E-state index is 12.8. The van der Waals surface area contributed by atoms with Crippen molar-refractivity contribution in [2.75, 3.05) is 6.54 Å². The number of piperidine rings is 1. The zero-order chi connectivity index (χ0) is 17.4. The van der Waals surface area contributed by atoms with Crippen LogP contribution in [0, 0.1) is 0 Å². The Labute approximate surface area is 149 Å². The summed E-state index contributed by atoms with van der Waals surface area (Å²) >= 11 is 1.34. The van der Waals surface area contributed by atoms with E-state index in [1.54, 1.807) is 6.20 Å². The van der Waals surface area contributed by atoms with E-state index in [1.165, 1.54) is 28.7 Å². The lowest BCUT2D eigenvalue weighted by Gasteiger charge is -2.35. The van der Waals surface area contributed by atoms with Crippen LogP contribution in [0.1, 0.15) is 32.6 Å². The van der Waals surface area contributed by atoms with Crippen LogP contribution in [0.3, 0.4) is 0 Å². The molecule has 1 fully saturated rings. The van der Waals surface area contributed by atoms with Gasteiger partial charge in [-0.1, -0.05) is 6.92 Å². The fourth-order valence-corrected chi connectivity index (χ4v) is 4.65. The molecule has 0 unspecified atom stereocenters. The van der Waals surface area contributed by atoms with E-state index in [0.717, 1.165) is 36.0 Å². The molecule has 0 N–H and O–H groups in total. The van der Waals surface area contributed by atoms with Gasteiger partial charge in [0.05, 0.1) is 11.8 Å². The monoisotopic (exact) mass is 356 g/mol. The molecule has 0 aromatic carbocycles. The number of rotatable bonds is 3. The quantitative estimate of drug-likeness (QED) is 0.724. The van der Waals surface area contributed by atoms with Crippen molar-refractivity contribution < 1.29 is 4.79 Å². The van der Waals surface area contributed by atoms with Gasteiger partial charge in [0.25, 0.3) is 5.56 Å². The minimum Gasteiger partial charge on any atom is -0.338 e. The Morgan fingerprint density at radius 1 is 1.36 bits per heavy atom. The molecule has 1 aliphatic heterocycles. The van der Waals surface area contributed by atoms with Crippen LogP contribution in [0.4, 0.5) is 0 Å². The van der Waals surface area contributed by atoms with Crippen LogP contribution in [-0.2, 0) is 11.3 Å². The van der Waals surface area contributed by atoms with Crippen molar-refractivity contribution in [3.8, 4) is 0 Å².